The van der Waals surface area contributed by atoms with Gasteiger partial charge in [0.15, 0.2) is 6.10 Å². The molecular weight excluding hydrogens is 691 g/mol. The van der Waals surface area contributed by atoms with Crippen molar-refractivity contribution in [2.75, 3.05) is 13.2 Å². The van der Waals surface area contributed by atoms with Gasteiger partial charge in [0.1, 0.15) is 6.61 Å². The Morgan fingerprint density at radius 3 is 1.62 bits per heavy atom. The summed E-state index contributed by atoms with van der Waals surface area (Å²) in [5.41, 5.74) is 0. The maximum Gasteiger partial charge on any atom is 0.469 e. The van der Waals surface area contributed by atoms with Crippen LogP contribution in [0.4, 0.5) is 0 Å². The van der Waals surface area contributed by atoms with Crippen LogP contribution in [-0.2, 0) is 32.9 Å². The molecule has 0 aliphatic carbocycles. The molecule has 0 bridgehead atoms. The van der Waals surface area contributed by atoms with E-state index in [0.29, 0.717) is 25.0 Å². The highest BCUT2D eigenvalue weighted by Crippen LogP contribution is 2.36. The lowest BCUT2D eigenvalue weighted by atomic mass is 10.1. The Morgan fingerprint density at radius 2 is 1.09 bits per heavy atom. The average molecular weight is 759 g/mol. The quantitative estimate of drug-likeness (QED) is 0.0221. The summed E-state index contributed by atoms with van der Waals surface area (Å²) in [7, 11) is -4.79. The fourth-order valence-corrected chi connectivity index (χ4v) is 5.33. The molecule has 0 spiro atoms. The second-order valence-electron chi connectivity index (χ2n) is 12.9. The minimum Gasteiger partial charge on any atom is -0.462 e. The molecule has 0 radical (unpaired) electrons. The highest BCUT2D eigenvalue weighted by molar-refractivity contribution is 7.46. The standard InChI is InChI=1S/C43H67O9P/c1-3-5-7-8-9-10-11-12-13-14-18-21-24-27-31-35-42(44)49-37-39(38-50-53(46,47)48)51-43(45)36-32-28-25-22-19-16-15-17-20-23-26-30-34-41-40(52-41)33-29-6-4-2/h6,9-10,12-13,16-21,25-26,28-30,39-41H,3-5,7-8,11,14-15,22-24,27,31-38H2,1-2H3,(H2,46,47,48)/b10-9-,13-12-,19-16-,20-17-,21-18-,28-25-,29-6-,30-26-/t39-,40?,41?/m1/s1. The summed E-state index contributed by atoms with van der Waals surface area (Å²) in [4.78, 5) is 42.7. The summed E-state index contributed by atoms with van der Waals surface area (Å²) in [6.07, 6.45) is 49.0. The molecule has 3 atom stereocenters. The van der Waals surface area contributed by atoms with Crippen molar-refractivity contribution < 1.29 is 42.7 Å². The highest BCUT2D eigenvalue weighted by Gasteiger charge is 2.35. The number of epoxide rings is 1. The second-order valence-corrected chi connectivity index (χ2v) is 14.1. The van der Waals surface area contributed by atoms with Crippen molar-refractivity contribution in [3.63, 3.8) is 0 Å². The molecule has 53 heavy (non-hydrogen) atoms. The Labute approximate surface area is 319 Å². The minimum absolute atomic E-state index is 0.0692. The van der Waals surface area contributed by atoms with Crippen molar-refractivity contribution >= 4 is 19.8 Å². The molecular formula is C43H67O9P. The number of carbonyl (C=O) groups excluding carboxylic acids is 2. The topological polar surface area (TPSA) is 132 Å². The summed E-state index contributed by atoms with van der Waals surface area (Å²) in [5.74, 6) is -1.04. The lowest BCUT2D eigenvalue weighted by Gasteiger charge is -2.18. The summed E-state index contributed by atoms with van der Waals surface area (Å²) < 4.78 is 31.9. The van der Waals surface area contributed by atoms with Crippen molar-refractivity contribution in [3.8, 4) is 0 Å². The number of rotatable bonds is 33. The molecule has 9 nitrogen and oxygen atoms in total. The van der Waals surface area contributed by atoms with Crippen LogP contribution in [0.3, 0.4) is 0 Å². The van der Waals surface area contributed by atoms with Gasteiger partial charge in [-0.15, -0.1) is 0 Å². The van der Waals surface area contributed by atoms with Crippen LogP contribution < -0.4 is 0 Å². The molecule has 2 unspecified atom stereocenters. The zero-order chi connectivity index (χ0) is 38.7. The van der Waals surface area contributed by atoms with E-state index in [4.69, 9.17) is 24.0 Å². The first kappa shape index (κ1) is 48.0. The minimum atomic E-state index is -4.79. The lowest BCUT2D eigenvalue weighted by Crippen LogP contribution is -2.29. The number of unbranched alkanes of at least 4 members (excludes halogenated alkanes) is 5. The number of phosphoric ester groups is 1. The molecule has 1 heterocycles. The largest absolute Gasteiger partial charge is 0.469 e. The van der Waals surface area contributed by atoms with Gasteiger partial charge in [-0.25, -0.2) is 4.57 Å². The van der Waals surface area contributed by atoms with E-state index in [0.717, 1.165) is 70.6 Å². The van der Waals surface area contributed by atoms with Gasteiger partial charge >= 0.3 is 19.8 Å². The summed E-state index contributed by atoms with van der Waals surface area (Å²) in [5, 5.41) is 0. The molecule has 1 aliphatic heterocycles. The predicted octanol–water partition coefficient (Wildman–Crippen LogP) is 10.8. The monoisotopic (exact) mass is 758 g/mol. The molecule has 1 saturated heterocycles. The van der Waals surface area contributed by atoms with Crippen LogP contribution in [0.25, 0.3) is 0 Å². The maximum atomic E-state index is 12.4. The van der Waals surface area contributed by atoms with Crippen molar-refractivity contribution in [3.05, 3.63) is 97.2 Å². The van der Waals surface area contributed by atoms with E-state index in [1.807, 2.05) is 12.2 Å². The average Bonchev–Trinajstić information content (AvgIpc) is 3.88. The molecule has 2 N–H and O–H groups in total. The SMILES string of the molecule is CC/C=C\CC1OC1C/C=C\C/C=C\C/C=C\C/C=C\CCC(=O)O[C@H](COC(=O)CCCC/C=C\C/C=C\C/C=C\CCCCC)COP(=O)(O)O. The zero-order valence-corrected chi connectivity index (χ0v) is 33.2. The van der Waals surface area contributed by atoms with Gasteiger partial charge in [-0.3, -0.25) is 14.1 Å². The van der Waals surface area contributed by atoms with Gasteiger partial charge in [0.2, 0.25) is 0 Å². The number of allylic oxidation sites excluding steroid dienone is 14. The first-order valence-electron chi connectivity index (χ1n) is 19.7. The van der Waals surface area contributed by atoms with Gasteiger partial charge in [-0.05, 0) is 89.9 Å². The Balaban J connectivity index is 2.18. The smallest absolute Gasteiger partial charge is 0.462 e. The molecule has 298 valence electrons. The molecule has 0 amide bonds. The van der Waals surface area contributed by atoms with E-state index in [1.165, 1.54) is 19.3 Å². The maximum absolute atomic E-state index is 12.4. The molecule has 0 saturated carbocycles. The fourth-order valence-electron chi connectivity index (χ4n) is 4.97. The number of esters is 2. The molecule has 10 heteroatoms. The second kappa shape index (κ2) is 33.5. The highest BCUT2D eigenvalue weighted by atomic mass is 31.2. The first-order chi connectivity index (χ1) is 25.7. The van der Waals surface area contributed by atoms with E-state index >= 15 is 0 Å². The zero-order valence-electron chi connectivity index (χ0n) is 32.3. The van der Waals surface area contributed by atoms with E-state index in [2.05, 4.69) is 103 Å². The van der Waals surface area contributed by atoms with Crippen LogP contribution in [0.5, 0.6) is 0 Å². The van der Waals surface area contributed by atoms with E-state index in [-0.39, 0.29) is 19.4 Å². The number of hydrogen-bond donors (Lipinski definition) is 2. The van der Waals surface area contributed by atoms with Crippen molar-refractivity contribution in [2.45, 2.75) is 148 Å². The molecule has 1 fully saturated rings. The van der Waals surface area contributed by atoms with Gasteiger partial charge < -0.3 is 24.0 Å². The van der Waals surface area contributed by atoms with Gasteiger partial charge in [0, 0.05) is 12.8 Å². The molecule has 0 aromatic carbocycles. The third-order valence-electron chi connectivity index (χ3n) is 8.00. The van der Waals surface area contributed by atoms with Crippen LogP contribution in [0.1, 0.15) is 129 Å². The van der Waals surface area contributed by atoms with Crippen LogP contribution >= 0.6 is 7.82 Å². The summed E-state index contributed by atoms with van der Waals surface area (Å²) in [6.45, 7) is 3.41. The Kier molecular flexibility index (Phi) is 30.3. The van der Waals surface area contributed by atoms with Crippen LogP contribution in [0.2, 0.25) is 0 Å². The van der Waals surface area contributed by atoms with E-state index in [9.17, 15) is 14.2 Å². The van der Waals surface area contributed by atoms with Crippen molar-refractivity contribution in [2.24, 2.45) is 0 Å². The molecule has 0 aromatic heterocycles. The Morgan fingerprint density at radius 1 is 0.604 bits per heavy atom. The van der Waals surface area contributed by atoms with Crippen LogP contribution in [0.15, 0.2) is 97.2 Å². The van der Waals surface area contributed by atoms with Crippen molar-refractivity contribution in [1.82, 2.24) is 0 Å². The fraction of sp³-hybridized carbons (Fsp3) is 0.581. The third-order valence-corrected chi connectivity index (χ3v) is 8.49. The lowest BCUT2D eigenvalue weighted by molar-refractivity contribution is -0.161. The normalized spacial score (nSPS) is 17.4. The number of carbonyl (C=O) groups is 2. The van der Waals surface area contributed by atoms with Gasteiger partial charge in [0.25, 0.3) is 0 Å². The van der Waals surface area contributed by atoms with Crippen molar-refractivity contribution in [1.29, 1.82) is 0 Å². The van der Waals surface area contributed by atoms with Crippen LogP contribution in [-0.4, -0.2) is 53.3 Å². The molecule has 1 aliphatic rings. The molecule has 1 rings (SSSR count). The number of hydrogen-bond acceptors (Lipinski definition) is 7. The molecule has 0 aromatic rings. The third kappa shape index (κ3) is 33.3. The first-order valence-corrected chi connectivity index (χ1v) is 21.2. The Bertz CT molecular complexity index is 1240. The summed E-state index contributed by atoms with van der Waals surface area (Å²) in [6, 6.07) is 0. The van der Waals surface area contributed by atoms with E-state index in [1.54, 1.807) is 0 Å². The van der Waals surface area contributed by atoms with Gasteiger partial charge in [-0.1, -0.05) is 124 Å². The number of phosphoric acid groups is 1. The van der Waals surface area contributed by atoms with Gasteiger partial charge in [-0.2, -0.15) is 0 Å². The van der Waals surface area contributed by atoms with Crippen LogP contribution in [0, 0.1) is 0 Å². The summed E-state index contributed by atoms with van der Waals surface area (Å²) >= 11 is 0. The van der Waals surface area contributed by atoms with E-state index < -0.39 is 32.5 Å². The Hall–Kier alpha value is -3.07. The van der Waals surface area contributed by atoms with Gasteiger partial charge in [0.05, 0.1) is 18.8 Å². The predicted molar refractivity (Wildman–Crippen MR) is 215 cm³/mol. The number of ether oxygens (including phenoxy) is 3.